The van der Waals surface area contributed by atoms with Crippen LogP contribution in [0.15, 0.2) is 12.0 Å². The Morgan fingerprint density at radius 1 is 1.89 bits per heavy atom. The zero-order valence-electron chi connectivity index (χ0n) is 4.59. The van der Waals surface area contributed by atoms with Gasteiger partial charge in [0.25, 0.3) is 0 Å². The van der Waals surface area contributed by atoms with Crippen molar-refractivity contribution in [1.29, 1.82) is 0 Å². The Morgan fingerprint density at radius 2 is 2.67 bits per heavy atom. The van der Waals surface area contributed by atoms with E-state index in [1.165, 1.54) is 6.26 Å². The summed E-state index contributed by atoms with van der Waals surface area (Å²) in [6.07, 6.45) is 1.21. The van der Waals surface area contributed by atoms with Crippen molar-refractivity contribution in [3.8, 4) is 0 Å². The van der Waals surface area contributed by atoms with Crippen LogP contribution in [0.1, 0.15) is 0 Å². The molecule has 9 heavy (non-hydrogen) atoms. The SMILES string of the molecule is NNC(=O)C1=COCO1. The number of nitrogens with two attached hydrogens (primary N) is 1. The van der Waals surface area contributed by atoms with E-state index in [-0.39, 0.29) is 12.6 Å². The number of hydrogen-bond acceptors (Lipinski definition) is 4. The number of carbonyl (C=O) groups excluding carboxylic acids is 1. The van der Waals surface area contributed by atoms with Crippen molar-refractivity contribution in [2.24, 2.45) is 5.84 Å². The van der Waals surface area contributed by atoms with Gasteiger partial charge >= 0.3 is 5.91 Å². The summed E-state index contributed by atoms with van der Waals surface area (Å²) in [6, 6.07) is 0. The summed E-state index contributed by atoms with van der Waals surface area (Å²) in [6.45, 7) is 0.0861. The molecule has 1 amide bonds. The molecule has 1 aliphatic rings. The lowest BCUT2D eigenvalue weighted by atomic mass is 10.5. The number of hydrogen-bond donors (Lipinski definition) is 2. The smallest absolute Gasteiger partial charge is 0.303 e. The van der Waals surface area contributed by atoms with Gasteiger partial charge < -0.3 is 9.47 Å². The predicted molar refractivity (Wildman–Crippen MR) is 27.5 cm³/mol. The van der Waals surface area contributed by atoms with E-state index in [4.69, 9.17) is 5.84 Å². The molecule has 50 valence electrons. The summed E-state index contributed by atoms with van der Waals surface area (Å²) in [4.78, 5) is 10.5. The van der Waals surface area contributed by atoms with Gasteiger partial charge in [-0.15, -0.1) is 0 Å². The Kier molecular flexibility index (Phi) is 1.55. The van der Waals surface area contributed by atoms with Gasteiger partial charge in [0.1, 0.15) is 6.26 Å². The van der Waals surface area contributed by atoms with Gasteiger partial charge in [-0.25, -0.2) is 5.84 Å². The maximum absolute atomic E-state index is 10.5. The van der Waals surface area contributed by atoms with Crippen molar-refractivity contribution in [1.82, 2.24) is 5.43 Å². The Hall–Kier alpha value is -1.23. The molecule has 0 saturated carbocycles. The molecule has 0 aromatic heterocycles. The van der Waals surface area contributed by atoms with Crippen LogP contribution in [0.2, 0.25) is 0 Å². The topological polar surface area (TPSA) is 73.6 Å². The highest BCUT2D eigenvalue weighted by Crippen LogP contribution is 2.04. The first-order valence-electron chi connectivity index (χ1n) is 2.30. The molecule has 0 spiro atoms. The minimum atomic E-state index is -0.479. The molecule has 0 aliphatic carbocycles. The number of carbonyl (C=O) groups is 1. The third kappa shape index (κ3) is 1.11. The summed E-state index contributed by atoms with van der Waals surface area (Å²) in [5, 5.41) is 0. The molecular formula is C4H6N2O3. The van der Waals surface area contributed by atoms with Gasteiger partial charge in [-0.1, -0.05) is 0 Å². The maximum Gasteiger partial charge on any atom is 0.303 e. The predicted octanol–water partition coefficient (Wildman–Crippen LogP) is -1.18. The maximum atomic E-state index is 10.5. The summed E-state index contributed by atoms with van der Waals surface area (Å²) < 4.78 is 9.23. The molecule has 5 heteroatoms. The van der Waals surface area contributed by atoms with Crippen LogP contribution in [0, 0.1) is 0 Å². The number of rotatable bonds is 1. The van der Waals surface area contributed by atoms with Gasteiger partial charge in [-0.2, -0.15) is 0 Å². The van der Waals surface area contributed by atoms with Crippen molar-refractivity contribution < 1.29 is 14.3 Å². The third-order valence-electron chi connectivity index (χ3n) is 0.828. The van der Waals surface area contributed by atoms with Gasteiger partial charge in [-0.3, -0.25) is 10.2 Å². The highest BCUT2D eigenvalue weighted by atomic mass is 16.7. The average molecular weight is 130 g/mol. The summed E-state index contributed by atoms with van der Waals surface area (Å²) in [5.41, 5.74) is 1.89. The van der Waals surface area contributed by atoms with E-state index < -0.39 is 5.91 Å². The van der Waals surface area contributed by atoms with Crippen LogP contribution < -0.4 is 11.3 Å². The van der Waals surface area contributed by atoms with E-state index in [1.54, 1.807) is 0 Å². The van der Waals surface area contributed by atoms with Crippen molar-refractivity contribution in [2.75, 3.05) is 6.79 Å². The molecule has 1 rings (SSSR count). The molecule has 0 bridgehead atoms. The van der Waals surface area contributed by atoms with Crippen LogP contribution in [-0.2, 0) is 14.3 Å². The lowest BCUT2D eigenvalue weighted by Gasteiger charge is -1.95. The molecule has 0 aromatic rings. The largest absolute Gasteiger partial charge is 0.461 e. The normalized spacial score (nSPS) is 15.4. The van der Waals surface area contributed by atoms with Gasteiger partial charge in [0.15, 0.2) is 0 Å². The van der Waals surface area contributed by atoms with Crippen LogP contribution in [0.3, 0.4) is 0 Å². The standard InChI is InChI=1S/C4H6N2O3/c5-6-4(7)3-1-8-2-9-3/h1H,2,5H2,(H,6,7). The van der Waals surface area contributed by atoms with E-state index in [9.17, 15) is 4.79 Å². The second-order valence-corrected chi connectivity index (χ2v) is 1.38. The van der Waals surface area contributed by atoms with Gasteiger partial charge in [0.2, 0.25) is 12.6 Å². The minimum Gasteiger partial charge on any atom is -0.461 e. The van der Waals surface area contributed by atoms with Crippen molar-refractivity contribution in [2.45, 2.75) is 0 Å². The Morgan fingerprint density at radius 3 is 3.11 bits per heavy atom. The zero-order chi connectivity index (χ0) is 6.69. The molecule has 0 fully saturated rings. The minimum absolute atomic E-state index is 0.0861. The third-order valence-corrected chi connectivity index (χ3v) is 0.828. The molecule has 0 saturated heterocycles. The fourth-order valence-electron chi connectivity index (χ4n) is 0.431. The van der Waals surface area contributed by atoms with Crippen molar-refractivity contribution in [3.63, 3.8) is 0 Å². The van der Waals surface area contributed by atoms with Crippen molar-refractivity contribution in [3.05, 3.63) is 12.0 Å². The lowest BCUT2D eigenvalue weighted by molar-refractivity contribution is -0.121. The molecule has 0 radical (unpaired) electrons. The molecule has 1 aliphatic heterocycles. The highest BCUT2D eigenvalue weighted by Gasteiger charge is 2.13. The molecular weight excluding hydrogens is 124 g/mol. The summed E-state index contributed by atoms with van der Waals surface area (Å²) in [5.74, 6) is 4.41. The van der Waals surface area contributed by atoms with Crippen LogP contribution in [0.4, 0.5) is 0 Å². The second kappa shape index (κ2) is 2.36. The quantitative estimate of drug-likeness (QED) is 0.266. The fourth-order valence-corrected chi connectivity index (χ4v) is 0.431. The average Bonchev–Trinajstić information content (AvgIpc) is 2.37. The Bertz CT molecular complexity index is 154. The molecule has 5 nitrogen and oxygen atoms in total. The number of ether oxygens (including phenoxy) is 2. The molecule has 0 unspecified atom stereocenters. The Balaban J connectivity index is 2.51. The van der Waals surface area contributed by atoms with E-state index in [1.807, 2.05) is 5.43 Å². The molecule has 0 aromatic carbocycles. The van der Waals surface area contributed by atoms with Crippen molar-refractivity contribution >= 4 is 5.91 Å². The monoisotopic (exact) mass is 130 g/mol. The highest BCUT2D eigenvalue weighted by molar-refractivity contribution is 5.90. The van der Waals surface area contributed by atoms with Crippen LogP contribution >= 0.6 is 0 Å². The fraction of sp³-hybridized carbons (Fsp3) is 0.250. The van der Waals surface area contributed by atoms with Gasteiger partial charge in [-0.05, 0) is 0 Å². The summed E-state index contributed by atoms with van der Waals surface area (Å²) in [7, 11) is 0. The van der Waals surface area contributed by atoms with Gasteiger partial charge in [0, 0.05) is 0 Å². The number of nitrogens with one attached hydrogen (secondary N) is 1. The number of hydrazine groups is 1. The van der Waals surface area contributed by atoms with Crippen LogP contribution in [0.5, 0.6) is 0 Å². The van der Waals surface area contributed by atoms with E-state index in [2.05, 4.69) is 9.47 Å². The molecule has 1 heterocycles. The first kappa shape index (κ1) is 5.90. The first-order chi connectivity index (χ1) is 4.34. The number of amides is 1. The van der Waals surface area contributed by atoms with E-state index in [0.717, 1.165) is 0 Å². The lowest BCUT2D eigenvalue weighted by Crippen LogP contribution is -2.31. The Labute approximate surface area is 51.4 Å². The zero-order valence-corrected chi connectivity index (χ0v) is 4.59. The van der Waals surface area contributed by atoms with Crippen LogP contribution in [-0.4, -0.2) is 12.7 Å². The summed E-state index contributed by atoms with van der Waals surface area (Å²) >= 11 is 0. The first-order valence-corrected chi connectivity index (χ1v) is 2.30. The van der Waals surface area contributed by atoms with Gasteiger partial charge in [0.05, 0.1) is 0 Å². The molecule has 3 N–H and O–H groups in total. The second-order valence-electron chi connectivity index (χ2n) is 1.38. The van der Waals surface area contributed by atoms with E-state index in [0.29, 0.717) is 0 Å². The van der Waals surface area contributed by atoms with E-state index >= 15 is 0 Å². The molecule has 0 atom stereocenters. The van der Waals surface area contributed by atoms with Crippen LogP contribution in [0.25, 0.3) is 0 Å².